The molecule has 1 heterocycles. The summed E-state index contributed by atoms with van der Waals surface area (Å²) in [6, 6.07) is 3.08. The van der Waals surface area contributed by atoms with Crippen LogP contribution in [0.3, 0.4) is 0 Å². The molecule has 1 aliphatic heterocycles. The Kier molecular flexibility index (Phi) is 3.97. The highest BCUT2D eigenvalue weighted by Crippen LogP contribution is 2.14. The number of nitrogens with one attached hydrogen (secondary N) is 1. The monoisotopic (exact) mass is 275 g/mol. The van der Waals surface area contributed by atoms with Crippen molar-refractivity contribution < 1.29 is 17.2 Å². The van der Waals surface area contributed by atoms with Gasteiger partial charge in [0.05, 0.1) is 11.5 Å². The van der Waals surface area contributed by atoms with E-state index in [4.69, 9.17) is 0 Å². The van der Waals surface area contributed by atoms with E-state index >= 15 is 0 Å². The lowest BCUT2D eigenvalue weighted by atomic mass is 10.1. The van der Waals surface area contributed by atoms with Crippen LogP contribution >= 0.6 is 0 Å². The van der Waals surface area contributed by atoms with Crippen LogP contribution in [0.5, 0.6) is 0 Å². The van der Waals surface area contributed by atoms with Crippen LogP contribution in [0.25, 0.3) is 0 Å². The van der Waals surface area contributed by atoms with E-state index in [0.29, 0.717) is 6.42 Å². The second-order valence-corrected chi connectivity index (χ2v) is 6.80. The van der Waals surface area contributed by atoms with Gasteiger partial charge in [-0.05, 0) is 31.0 Å². The molecule has 1 atom stereocenters. The Labute approximate surface area is 105 Å². The molecule has 0 aliphatic carbocycles. The van der Waals surface area contributed by atoms with Crippen molar-refractivity contribution in [1.82, 2.24) is 5.32 Å². The third-order valence-electron chi connectivity index (χ3n) is 3.05. The summed E-state index contributed by atoms with van der Waals surface area (Å²) in [6.07, 6.45) is 1.36. The Morgan fingerprint density at radius 3 is 2.83 bits per heavy atom. The smallest absolute Gasteiger partial charge is 0.151 e. The molecular weight excluding hydrogens is 260 g/mol. The van der Waals surface area contributed by atoms with Gasteiger partial charge in [-0.2, -0.15) is 0 Å². The fraction of sp³-hybridized carbons (Fsp3) is 0.500. The van der Waals surface area contributed by atoms with Gasteiger partial charge in [-0.3, -0.25) is 0 Å². The van der Waals surface area contributed by atoms with Gasteiger partial charge in [0.25, 0.3) is 0 Å². The van der Waals surface area contributed by atoms with Gasteiger partial charge < -0.3 is 5.32 Å². The SMILES string of the molecule is O=S1(=O)CCCC(NCc2cc(F)ccc2F)C1. The van der Waals surface area contributed by atoms with E-state index in [0.717, 1.165) is 24.6 Å². The first-order valence-corrected chi connectivity index (χ1v) is 7.66. The highest BCUT2D eigenvalue weighted by Gasteiger charge is 2.24. The number of hydrogen-bond donors (Lipinski definition) is 1. The van der Waals surface area contributed by atoms with Crippen molar-refractivity contribution in [3.05, 3.63) is 35.4 Å². The highest BCUT2D eigenvalue weighted by molar-refractivity contribution is 7.91. The van der Waals surface area contributed by atoms with Crippen LogP contribution in [0, 0.1) is 11.6 Å². The van der Waals surface area contributed by atoms with Crippen molar-refractivity contribution in [2.75, 3.05) is 11.5 Å². The Hall–Kier alpha value is -1.01. The van der Waals surface area contributed by atoms with Crippen LogP contribution in [0.15, 0.2) is 18.2 Å². The van der Waals surface area contributed by atoms with Gasteiger partial charge in [0.1, 0.15) is 11.6 Å². The van der Waals surface area contributed by atoms with Crippen molar-refractivity contribution in [2.24, 2.45) is 0 Å². The first-order valence-electron chi connectivity index (χ1n) is 5.84. The Bertz CT molecular complexity index is 531. The minimum absolute atomic E-state index is 0.0733. The van der Waals surface area contributed by atoms with Crippen LogP contribution in [0.4, 0.5) is 8.78 Å². The summed E-state index contributed by atoms with van der Waals surface area (Å²) < 4.78 is 49.1. The number of hydrogen-bond acceptors (Lipinski definition) is 3. The molecule has 3 nitrogen and oxygen atoms in total. The normalized spacial score (nSPS) is 22.9. The molecule has 100 valence electrons. The molecule has 1 aromatic rings. The lowest BCUT2D eigenvalue weighted by Gasteiger charge is -2.23. The summed E-state index contributed by atoms with van der Waals surface area (Å²) >= 11 is 0. The van der Waals surface area contributed by atoms with Crippen LogP contribution < -0.4 is 5.32 Å². The summed E-state index contributed by atoms with van der Waals surface area (Å²) in [5.74, 6) is -0.685. The zero-order valence-electron chi connectivity index (χ0n) is 9.83. The second-order valence-electron chi connectivity index (χ2n) is 4.57. The van der Waals surface area contributed by atoms with Crippen LogP contribution in [-0.2, 0) is 16.4 Å². The molecule has 0 saturated carbocycles. The van der Waals surface area contributed by atoms with Gasteiger partial charge in [0.2, 0.25) is 0 Å². The molecule has 0 aromatic heterocycles. The van der Waals surface area contributed by atoms with Crippen molar-refractivity contribution in [1.29, 1.82) is 0 Å². The van der Waals surface area contributed by atoms with E-state index in [9.17, 15) is 17.2 Å². The summed E-state index contributed by atoms with van der Waals surface area (Å²) in [7, 11) is -2.98. The summed E-state index contributed by atoms with van der Waals surface area (Å²) in [4.78, 5) is 0. The molecule has 1 N–H and O–H groups in total. The van der Waals surface area contributed by atoms with Crippen LogP contribution in [-0.4, -0.2) is 26.0 Å². The van der Waals surface area contributed by atoms with Crippen molar-refractivity contribution in [3.63, 3.8) is 0 Å². The largest absolute Gasteiger partial charge is 0.309 e. The molecular formula is C12H15F2NO2S. The fourth-order valence-corrected chi connectivity index (χ4v) is 3.79. The summed E-state index contributed by atoms with van der Waals surface area (Å²) in [5, 5.41) is 2.98. The molecule has 1 saturated heterocycles. The Morgan fingerprint density at radius 2 is 2.11 bits per heavy atom. The fourth-order valence-electron chi connectivity index (χ4n) is 2.12. The predicted molar refractivity (Wildman–Crippen MR) is 64.9 cm³/mol. The van der Waals surface area contributed by atoms with Gasteiger partial charge in [0, 0.05) is 18.2 Å². The zero-order valence-corrected chi connectivity index (χ0v) is 10.6. The van der Waals surface area contributed by atoms with Crippen molar-refractivity contribution in [2.45, 2.75) is 25.4 Å². The van der Waals surface area contributed by atoms with E-state index in [2.05, 4.69) is 5.32 Å². The average molecular weight is 275 g/mol. The Morgan fingerprint density at radius 1 is 1.33 bits per heavy atom. The number of rotatable bonds is 3. The molecule has 0 amide bonds. The summed E-state index contributed by atoms with van der Waals surface area (Å²) in [5.41, 5.74) is 0.220. The van der Waals surface area contributed by atoms with E-state index in [1.54, 1.807) is 0 Å². The van der Waals surface area contributed by atoms with E-state index in [-0.39, 0.29) is 29.7 Å². The molecule has 2 rings (SSSR count). The lowest BCUT2D eigenvalue weighted by Crippen LogP contribution is -2.39. The maximum Gasteiger partial charge on any atom is 0.151 e. The van der Waals surface area contributed by atoms with Crippen LogP contribution in [0.2, 0.25) is 0 Å². The average Bonchev–Trinajstić information content (AvgIpc) is 2.29. The molecule has 6 heteroatoms. The molecule has 0 radical (unpaired) electrons. The van der Waals surface area contributed by atoms with E-state index < -0.39 is 21.5 Å². The zero-order chi connectivity index (χ0) is 13.2. The molecule has 1 fully saturated rings. The van der Waals surface area contributed by atoms with Crippen LogP contribution in [0.1, 0.15) is 18.4 Å². The molecule has 18 heavy (non-hydrogen) atoms. The quantitative estimate of drug-likeness (QED) is 0.912. The van der Waals surface area contributed by atoms with Crippen molar-refractivity contribution >= 4 is 9.84 Å². The lowest BCUT2D eigenvalue weighted by molar-refractivity contribution is 0.471. The topological polar surface area (TPSA) is 46.2 Å². The third-order valence-corrected chi connectivity index (χ3v) is 4.87. The van der Waals surface area contributed by atoms with Gasteiger partial charge in [0.15, 0.2) is 9.84 Å². The second kappa shape index (κ2) is 5.32. The molecule has 1 unspecified atom stereocenters. The standard InChI is InChI=1S/C12H15F2NO2S/c13-10-3-4-12(14)9(6-10)7-15-11-2-1-5-18(16,17)8-11/h3-4,6,11,15H,1-2,5,7-8H2. The number of sulfone groups is 1. The molecule has 0 spiro atoms. The predicted octanol–water partition coefficient (Wildman–Crippen LogP) is 1.63. The maximum atomic E-state index is 13.4. The highest BCUT2D eigenvalue weighted by atomic mass is 32.2. The molecule has 1 aromatic carbocycles. The minimum Gasteiger partial charge on any atom is -0.309 e. The first-order chi connectivity index (χ1) is 8.46. The molecule has 0 bridgehead atoms. The first kappa shape index (κ1) is 13.4. The summed E-state index contributed by atoms with van der Waals surface area (Å²) in [6.45, 7) is 0.143. The number of benzene rings is 1. The van der Waals surface area contributed by atoms with Crippen molar-refractivity contribution in [3.8, 4) is 0 Å². The number of halogens is 2. The molecule has 1 aliphatic rings. The van der Waals surface area contributed by atoms with E-state index in [1.165, 1.54) is 0 Å². The maximum absolute atomic E-state index is 13.4. The minimum atomic E-state index is -2.98. The third kappa shape index (κ3) is 3.49. The van der Waals surface area contributed by atoms with Gasteiger partial charge in [-0.25, -0.2) is 17.2 Å². The van der Waals surface area contributed by atoms with Gasteiger partial charge >= 0.3 is 0 Å². The van der Waals surface area contributed by atoms with Gasteiger partial charge in [-0.15, -0.1) is 0 Å². The Balaban J connectivity index is 1.97. The van der Waals surface area contributed by atoms with Gasteiger partial charge in [-0.1, -0.05) is 0 Å². The van der Waals surface area contributed by atoms with E-state index in [1.807, 2.05) is 0 Å².